The van der Waals surface area contributed by atoms with Crippen LogP contribution in [0.5, 0.6) is 5.75 Å². The Morgan fingerprint density at radius 1 is 1.07 bits per heavy atom. The van der Waals surface area contributed by atoms with E-state index in [1.807, 2.05) is 49.4 Å². The Labute approximate surface area is 178 Å². The number of para-hydroxylation sites is 2. The zero-order chi connectivity index (χ0) is 21.1. The first-order chi connectivity index (χ1) is 14.5. The van der Waals surface area contributed by atoms with Gasteiger partial charge in [0.25, 0.3) is 5.91 Å². The van der Waals surface area contributed by atoms with Crippen LogP contribution in [0.2, 0.25) is 0 Å². The average molecular weight is 417 g/mol. The number of benzene rings is 3. The van der Waals surface area contributed by atoms with Crippen LogP contribution in [0.15, 0.2) is 71.1 Å². The lowest BCUT2D eigenvalue weighted by Crippen LogP contribution is -2.34. The summed E-state index contributed by atoms with van der Waals surface area (Å²) < 4.78 is 10.9. The first-order valence-electron chi connectivity index (χ1n) is 9.26. The maximum Gasteiger partial charge on any atom is 0.257 e. The first-order valence-corrected chi connectivity index (χ1v) is 9.67. The molecule has 0 radical (unpaired) electrons. The van der Waals surface area contributed by atoms with E-state index in [0.717, 1.165) is 27.9 Å². The van der Waals surface area contributed by atoms with Crippen molar-refractivity contribution in [2.75, 3.05) is 12.4 Å². The van der Waals surface area contributed by atoms with E-state index in [4.69, 9.17) is 21.4 Å². The summed E-state index contributed by atoms with van der Waals surface area (Å²) >= 11 is 5.33. The second kappa shape index (κ2) is 8.34. The number of carbonyl (C=O) groups is 1. The predicted octanol–water partition coefficient (Wildman–Crippen LogP) is 4.94. The number of aryl methyl sites for hydroxylation is 1. The van der Waals surface area contributed by atoms with Crippen LogP contribution in [0, 0.1) is 6.92 Å². The maximum absolute atomic E-state index is 12.4. The Morgan fingerprint density at radius 2 is 1.83 bits per heavy atom. The van der Waals surface area contributed by atoms with Gasteiger partial charge in [0.15, 0.2) is 10.7 Å². The van der Waals surface area contributed by atoms with Gasteiger partial charge in [0, 0.05) is 16.8 Å². The standard InChI is InChI=1S/C23H19N3O3S/c1-14-7-8-16(22-24-18-5-3-4-6-20(18)29-22)13-19(14)25-23(30)26-21(27)15-9-11-17(28-2)12-10-15/h3-13H,1-2H3,(H2,25,26,27,30). The van der Waals surface area contributed by atoms with Crippen LogP contribution in [0.4, 0.5) is 5.69 Å². The van der Waals surface area contributed by atoms with Gasteiger partial charge < -0.3 is 14.5 Å². The molecule has 0 spiro atoms. The molecule has 0 saturated heterocycles. The Morgan fingerprint density at radius 3 is 2.57 bits per heavy atom. The second-order valence-corrected chi connectivity index (χ2v) is 7.06. The number of hydrogen-bond acceptors (Lipinski definition) is 5. The molecule has 0 bridgehead atoms. The van der Waals surface area contributed by atoms with Crippen LogP contribution in [0.25, 0.3) is 22.6 Å². The van der Waals surface area contributed by atoms with Crippen LogP contribution in [0.3, 0.4) is 0 Å². The van der Waals surface area contributed by atoms with Crippen LogP contribution in [-0.2, 0) is 0 Å². The summed E-state index contributed by atoms with van der Waals surface area (Å²) in [6.07, 6.45) is 0. The summed E-state index contributed by atoms with van der Waals surface area (Å²) in [4.78, 5) is 16.9. The quantitative estimate of drug-likeness (QED) is 0.458. The minimum atomic E-state index is -0.303. The number of rotatable bonds is 4. The second-order valence-electron chi connectivity index (χ2n) is 6.65. The highest BCUT2D eigenvalue weighted by Crippen LogP contribution is 2.28. The Hall–Kier alpha value is -3.71. The van der Waals surface area contributed by atoms with Gasteiger partial charge in [-0.1, -0.05) is 18.2 Å². The Bertz CT molecular complexity index is 1200. The van der Waals surface area contributed by atoms with Crippen molar-refractivity contribution in [3.8, 4) is 17.2 Å². The molecule has 0 atom stereocenters. The Balaban J connectivity index is 1.50. The van der Waals surface area contributed by atoms with Gasteiger partial charge in [-0.25, -0.2) is 4.98 Å². The Kier molecular flexibility index (Phi) is 5.45. The topological polar surface area (TPSA) is 76.4 Å². The molecule has 1 heterocycles. The monoisotopic (exact) mass is 417 g/mol. The van der Waals surface area contributed by atoms with Crippen molar-refractivity contribution < 1.29 is 13.9 Å². The summed E-state index contributed by atoms with van der Waals surface area (Å²) in [6.45, 7) is 1.95. The molecule has 4 rings (SSSR count). The van der Waals surface area contributed by atoms with E-state index in [-0.39, 0.29) is 11.0 Å². The van der Waals surface area contributed by atoms with Crippen molar-refractivity contribution in [3.05, 3.63) is 77.9 Å². The number of aromatic nitrogens is 1. The molecule has 0 aliphatic rings. The SMILES string of the molecule is COc1ccc(C(=O)NC(=S)Nc2cc(-c3nc4ccccc4o3)ccc2C)cc1. The molecule has 150 valence electrons. The van der Waals surface area contributed by atoms with Crippen molar-refractivity contribution >= 4 is 40.0 Å². The third-order valence-electron chi connectivity index (χ3n) is 4.61. The molecule has 2 N–H and O–H groups in total. The molecule has 3 aromatic carbocycles. The number of methoxy groups -OCH3 is 1. The number of anilines is 1. The lowest BCUT2D eigenvalue weighted by molar-refractivity contribution is 0.0977. The summed E-state index contributed by atoms with van der Waals surface area (Å²) in [5.41, 5.74) is 4.54. The molecule has 0 aliphatic carbocycles. The third-order valence-corrected chi connectivity index (χ3v) is 4.81. The van der Waals surface area contributed by atoms with Crippen LogP contribution in [-0.4, -0.2) is 23.1 Å². The van der Waals surface area contributed by atoms with E-state index in [9.17, 15) is 4.79 Å². The molecule has 6 nitrogen and oxygen atoms in total. The maximum atomic E-state index is 12.4. The number of fused-ring (bicyclic) bond motifs is 1. The van der Waals surface area contributed by atoms with Gasteiger partial charge in [-0.05, 0) is 73.2 Å². The number of oxazole rings is 1. The fraction of sp³-hybridized carbons (Fsp3) is 0.0870. The van der Waals surface area contributed by atoms with E-state index in [1.54, 1.807) is 31.4 Å². The number of nitrogens with one attached hydrogen (secondary N) is 2. The summed E-state index contributed by atoms with van der Waals surface area (Å²) in [6, 6.07) is 20.2. The third kappa shape index (κ3) is 4.16. The number of hydrogen-bond donors (Lipinski definition) is 2. The van der Waals surface area contributed by atoms with Gasteiger partial charge in [-0.2, -0.15) is 0 Å². The zero-order valence-electron chi connectivity index (χ0n) is 16.4. The average Bonchev–Trinajstić information content (AvgIpc) is 3.19. The van der Waals surface area contributed by atoms with Crippen LogP contribution < -0.4 is 15.4 Å². The molecule has 0 aliphatic heterocycles. The van der Waals surface area contributed by atoms with E-state index in [1.165, 1.54) is 0 Å². The van der Waals surface area contributed by atoms with Crippen molar-refractivity contribution in [3.63, 3.8) is 0 Å². The zero-order valence-corrected chi connectivity index (χ0v) is 17.2. The molecule has 0 unspecified atom stereocenters. The minimum Gasteiger partial charge on any atom is -0.497 e. The number of carbonyl (C=O) groups excluding carboxylic acids is 1. The first kappa shape index (κ1) is 19.6. The lowest BCUT2D eigenvalue weighted by Gasteiger charge is -2.13. The summed E-state index contributed by atoms with van der Waals surface area (Å²) in [7, 11) is 1.57. The van der Waals surface area contributed by atoms with Gasteiger partial charge in [0.05, 0.1) is 7.11 Å². The van der Waals surface area contributed by atoms with Gasteiger partial charge >= 0.3 is 0 Å². The van der Waals surface area contributed by atoms with Crippen molar-refractivity contribution in [1.82, 2.24) is 10.3 Å². The fourth-order valence-corrected chi connectivity index (χ4v) is 3.16. The van der Waals surface area contributed by atoms with Gasteiger partial charge in [-0.3, -0.25) is 10.1 Å². The predicted molar refractivity (Wildman–Crippen MR) is 121 cm³/mol. The molecule has 1 amide bonds. The minimum absolute atomic E-state index is 0.202. The highest BCUT2D eigenvalue weighted by Gasteiger charge is 2.12. The van der Waals surface area contributed by atoms with Gasteiger partial charge in [0.2, 0.25) is 5.89 Å². The van der Waals surface area contributed by atoms with Crippen molar-refractivity contribution in [2.45, 2.75) is 6.92 Å². The van der Waals surface area contributed by atoms with E-state index in [0.29, 0.717) is 17.2 Å². The van der Waals surface area contributed by atoms with Crippen molar-refractivity contribution in [1.29, 1.82) is 0 Å². The van der Waals surface area contributed by atoms with E-state index < -0.39 is 0 Å². The van der Waals surface area contributed by atoms with E-state index >= 15 is 0 Å². The number of amides is 1. The largest absolute Gasteiger partial charge is 0.497 e. The molecule has 4 aromatic rings. The van der Waals surface area contributed by atoms with Crippen molar-refractivity contribution in [2.24, 2.45) is 0 Å². The van der Waals surface area contributed by atoms with Crippen LogP contribution in [0.1, 0.15) is 15.9 Å². The normalized spacial score (nSPS) is 10.6. The lowest BCUT2D eigenvalue weighted by atomic mass is 10.1. The van der Waals surface area contributed by atoms with Gasteiger partial charge in [0.1, 0.15) is 11.3 Å². The molecule has 0 fully saturated rings. The molecule has 0 saturated carbocycles. The molecular weight excluding hydrogens is 398 g/mol. The highest BCUT2D eigenvalue weighted by atomic mass is 32.1. The highest BCUT2D eigenvalue weighted by molar-refractivity contribution is 7.80. The summed E-state index contributed by atoms with van der Waals surface area (Å²) in [5.74, 6) is 0.897. The number of thiocarbonyl (C=S) groups is 1. The molecule has 7 heteroatoms. The van der Waals surface area contributed by atoms with E-state index in [2.05, 4.69) is 15.6 Å². The number of nitrogens with zero attached hydrogens (tertiary/aromatic N) is 1. The molecular formula is C23H19N3O3S. The summed E-state index contributed by atoms with van der Waals surface area (Å²) in [5, 5.41) is 5.98. The smallest absolute Gasteiger partial charge is 0.257 e. The number of ether oxygens (including phenoxy) is 1. The van der Waals surface area contributed by atoms with Gasteiger partial charge in [-0.15, -0.1) is 0 Å². The molecule has 1 aromatic heterocycles. The fourth-order valence-electron chi connectivity index (χ4n) is 2.96. The van der Waals surface area contributed by atoms with Crippen LogP contribution >= 0.6 is 12.2 Å². The molecule has 30 heavy (non-hydrogen) atoms.